The van der Waals surface area contributed by atoms with Crippen LogP contribution in [-0.2, 0) is 4.79 Å². The van der Waals surface area contributed by atoms with E-state index < -0.39 is 17.6 Å². The van der Waals surface area contributed by atoms with Gasteiger partial charge in [0.2, 0.25) is 0 Å². The molecule has 6 nitrogen and oxygen atoms in total. The molecule has 1 aliphatic rings. The number of aliphatic carboxylic acids is 1. The Kier molecular flexibility index (Phi) is 4.25. The molecule has 1 aromatic carbocycles. The molecule has 0 radical (unpaired) electrons. The fourth-order valence-electron chi connectivity index (χ4n) is 2.10. The van der Waals surface area contributed by atoms with Crippen molar-refractivity contribution >= 4 is 18.0 Å². The SMILES string of the molecule is NC1(N)C=C(C(=O)O)C=CC1C=Cc1ccc(C(=O)O)cc1. The number of hydrogen-bond acceptors (Lipinski definition) is 4. The predicted molar refractivity (Wildman–Crippen MR) is 81.9 cm³/mol. The summed E-state index contributed by atoms with van der Waals surface area (Å²) >= 11 is 0. The van der Waals surface area contributed by atoms with Crippen molar-refractivity contribution in [3.8, 4) is 0 Å². The van der Waals surface area contributed by atoms with Crippen molar-refractivity contribution in [2.45, 2.75) is 5.66 Å². The van der Waals surface area contributed by atoms with Gasteiger partial charge in [0.15, 0.2) is 0 Å². The highest BCUT2D eigenvalue weighted by Gasteiger charge is 2.29. The summed E-state index contributed by atoms with van der Waals surface area (Å²) in [7, 11) is 0. The molecule has 1 unspecified atom stereocenters. The zero-order valence-corrected chi connectivity index (χ0v) is 11.6. The number of carboxylic acid groups (broad SMARTS) is 2. The maximum atomic E-state index is 10.9. The Morgan fingerprint density at radius 3 is 2.23 bits per heavy atom. The highest BCUT2D eigenvalue weighted by atomic mass is 16.4. The van der Waals surface area contributed by atoms with E-state index in [4.69, 9.17) is 21.7 Å². The van der Waals surface area contributed by atoms with Gasteiger partial charge in [-0.1, -0.05) is 36.4 Å². The summed E-state index contributed by atoms with van der Waals surface area (Å²) in [5, 5.41) is 17.8. The van der Waals surface area contributed by atoms with Crippen LogP contribution in [0.4, 0.5) is 0 Å². The van der Waals surface area contributed by atoms with Crippen LogP contribution in [0.15, 0.2) is 54.1 Å². The molecular weight excluding hydrogens is 284 g/mol. The highest BCUT2D eigenvalue weighted by molar-refractivity contribution is 5.90. The molecule has 0 spiro atoms. The summed E-state index contributed by atoms with van der Waals surface area (Å²) in [6, 6.07) is 6.33. The van der Waals surface area contributed by atoms with Gasteiger partial charge in [-0.2, -0.15) is 0 Å². The van der Waals surface area contributed by atoms with Gasteiger partial charge in [0.1, 0.15) is 0 Å². The number of benzene rings is 1. The standard InChI is InChI=1S/C16H16N2O4/c17-16(18)9-12(15(21)22)6-8-13(16)7-3-10-1-4-11(5-2-10)14(19)20/h1-9,13H,17-18H2,(H,19,20)(H,21,22). The molecule has 1 aliphatic carbocycles. The molecule has 0 saturated heterocycles. The molecule has 6 heteroatoms. The highest BCUT2D eigenvalue weighted by Crippen LogP contribution is 2.23. The number of carboxylic acids is 2. The minimum Gasteiger partial charge on any atom is -0.478 e. The van der Waals surface area contributed by atoms with Gasteiger partial charge in [-0.05, 0) is 23.8 Å². The van der Waals surface area contributed by atoms with E-state index in [0.717, 1.165) is 5.56 Å². The summed E-state index contributed by atoms with van der Waals surface area (Å²) in [5.41, 5.74) is 11.6. The first-order valence-corrected chi connectivity index (χ1v) is 6.53. The second-order valence-electron chi connectivity index (χ2n) is 5.08. The molecule has 0 fully saturated rings. The minimum absolute atomic E-state index is 0.0560. The number of nitrogens with two attached hydrogens (primary N) is 2. The normalized spacial score (nSPS) is 19.9. The average Bonchev–Trinajstić information content (AvgIpc) is 2.45. The van der Waals surface area contributed by atoms with Gasteiger partial charge in [-0.15, -0.1) is 0 Å². The molecule has 2 rings (SSSR count). The Hall–Kier alpha value is -2.70. The lowest BCUT2D eigenvalue weighted by Gasteiger charge is -2.30. The Labute approximate surface area is 127 Å². The van der Waals surface area contributed by atoms with Crippen LogP contribution in [0.25, 0.3) is 6.08 Å². The zero-order chi connectivity index (χ0) is 16.3. The lowest BCUT2D eigenvalue weighted by Crippen LogP contribution is -2.54. The number of aromatic carboxylic acids is 1. The fraction of sp³-hybridized carbons (Fsp3) is 0.125. The summed E-state index contributed by atoms with van der Waals surface area (Å²) < 4.78 is 0. The first-order chi connectivity index (χ1) is 10.3. The monoisotopic (exact) mass is 300 g/mol. The number of hydrogen-bond donors (Lipinski definition) is 4. The lowest BCUT2D eigenvalue weighted by molar-refractivity contribution is -0.132. The summed E-state index contributed by atoms with van der Waals surface area (Å²) in [5.74, 6) is -2.43. The predicted octanol–water partition coefficient (Wildman–Crippen LogP) is 1.21. The van der Waals surface area contributed by atoms with Gasteiger partial charge < -0.3 is 21.7 Å². The molecule has 0 heterocycles. The zero-order valence-electron chi connectivity index (χ0n) is 11.6. The average molecular weight is 300 g/mol. The Morgan fingerprint density at radius 2 is 1.73 bits per heavy atom. The van der Waals surface area contributed by atoms with Gasteiger partial charge in [0.05, 0.1) is 16.8 Å². The largest absolute Gasteiger partial charge is 0.478 e. The van der Waals surface area contributed by atoms with Crippen molar-refractivity contribution in [3.63, 3.8) is 0 Å². The van der Waals surface area contributed by atoms with E-state index in [2.05, 4.69) is 0 Å². The molecule has 0 aromatic heterocycles. The second-order valence-corrected chi connectivity index (χ2v) is 5.08. The van der Waals surface area contributed by atoms with E-state index in [1.807, 2.05) is 0 Å². The summed E-state index contributed by atoms with van der Waals surface area (Å²) in [6.45, 7) is 0. The van der Waals surface area contributed by atoms with E-state index >= 15 is 0 Å². The van der Waals surface area contributed by atoms with Crippen LogP contribution in [0, 0.1) is 5.92 Å². The second kappa shape index (κ2) is 5.97. The van der Waals surface area contributed by atoms with E-state index in [1.54, 1.807) is 30.4 Å². The third-order valence-electron chi connectivity index (χ3n) is 3.37. The summed E-state index contributed by atoms with van der Waals surface area (Å²) in [6.07, 6.45) is 7.92. The maximum Gasteiger partial charge on any atom is 0.335 e. The molecule has 0 bridgehead atoms. The molecule has 0 saturated carbocycles. The minimum atomic E-state index is -1.29. The van der Waals surface area contributed by atoms with E-state index in [0.29, 0.717) is 0 Å². The van der Waals surface area contributed by atoms with Crippen LogP contribution in [0.5, 0.6) is 0 Å². The molecule has 0 amide bonds. The van der Waals surface area contributed by atoms with Crippen LogP contribution in [0.3, 0.4) is 0 Å². The van der Waals surface area contributed by atoms with Crippen LogP contribution < -0.4 is 11.5 Å². The molecule has 1 atom stereocenters. The van der Waals surface area contributed by atoms with Crippen molar-refractivity contribution < 1.29 is 19.8 Å². The molecular formula is C16H16N2O4. The number of rotatable bonds is 4. The van der Waals surface area contributed by atoms with Gasteiger partial charge in [-0.3, -0.25) is 0 Å². The first-order valence-electron chi connectivity index (χ1n) is 6.53. The van der Waals surface area contributed by atoms with Crippen molar-refractivity contribution in [1.29, 1.82) is 0 Å². The van der Waals surface area contributed by atoms with Crippen molar-refractivity contribution in [2.24, 2.45) is 17.4 Å². The molecule has 114 valence electrons. The van der Waals surface area contributed by atoms with Crippen molar-refractivity contribution in [3.05, 3.63) is 65.3 Å². The van der Waals surface area contributed by atoms with Crippen LogP contribution in [0.2, 0.25) is 0 Å². The van der Waals surface area contributed by atoms with Crippen LogP contribution in [0.1, 0.15) is 15.9 Å². The summed E-state index contributed by atoms with van der Waals surface area (Å²) in [4.78, 5) is 21.7. The van der Waals surface area contributed by atoms with E-state index in [-0.39, 0.29) is 17.1 Å². The van der Waals surface area contributed by atoms with Crippen LogP contribution >= 0.6 is 0 Å². The lowest BCUT2D eigenvalue weighted by atomic mass is 9.86. The smallest absolute Gasteiger partial charge is 0.335 e. The Balaban J connectivity index is 2.15. The Bertz CT molecular complexity index is 685. The third-order valence-corrected chi connectivity index (χ3v) is 3.37. The Morgan fingerprint density at radius 1 is 1.09 bits per heavy atom. The van der Waals surface area contributed by atoms with Gasteiger partial charge in [0.25, 0.3) is 0 Å². The van der Waals surface area contributed by atoms with Crippen LogP contribution in [-0.4, -0.2) is 27.8 Å². The maximum absolute atomic E-state index is 10.9. The molecule has 6 N–H and O–H groups in total. The van der Waals surface area contributed by atoms with Gasteiger partial charge >= 0.3 is 11.9 Å². The van der Waals surface area contributed by atoms with Gasteiger partial charge in [-0.25, -0.2) is 9.59 Å². The quantitative estimate of drug-likeness (QED) is 0.619. The third kappa shape index (κ3) is 3.49. The van der Waals surface area contributed by atoms with Crippen molar-refractivity contribution in [2.75, 3.05) is 0 Å². The first kappa shape index (κ1) is 15.7. The van der Waals surface area contributed by atoms with Crippen molar-refractivity contribution in [1.82, 2.24) is 0 Å². The van der Waals surface area contributed by atoms with E-state index in [9.17, 15) is 9.59 Å². The van der Waals surface area contributed by atoms with Gasteiger partial charge in [0, 0.05) is 5.92 Å². The topological polar surface area (TPSA) is 127 Å². The molecule has 22 heavy (non-hydrogen) atoms. The molecule has 1 aromatic rings. The van der Waals surface area contributed by atoms with E-state index in [1.165, 1.54) is 24.3 Å². The fourth-order valence-corrected chi connectivity index (χ4v) is 2.10. The molecule has 0 aliphatic heterocycles. The number of carbonyl (C=O) groups is 2.